The number of nitrogens with two attached hydrogens (primary N) is 1. The monoisotopic (exact) mass is 244 g/mol. The molecule has 2 aromatic carbocycles. The molecule has 2 nitrogen and oxygen atoms in total. The van der Waals surface area contributed by atoms with Gasteiger partial charge in [-0.2, -0.15) is 0 Å². The Morgan fingerprint density at radius 1 is 1.17 bits per heavy atom. The number of halogens is 1. The number of hydrogen-bond acceptors (Lipinski definition) is 2. The van der Waals surface area contributed by atoms with Crippen LogP contribution in [-0.2, 0) is 6.42 Å². The molecule has 0 atom stereocenters. The van der Waals surface area contributed by atoms with Crippen LogP contribution >= 0.6 is 0 Å². The molecule has 0 fully saturated rings. The first-order valence-electron chi connectivity index (χ1n) is 6.02. The maximum Gasteiger partial charge on any atom is 0.128 e. The molecule has 0 saturated carbocycles. The number of hydrogen-bond donors (Lipinski definition) is 2. The summed E-state index contributed by atoms with van der Waals surface area (Å²) in [6, 6.07) is 11.1. The SMILES string of the molecule is CCc1ccccc1Nc1cc(C)c(F)cc1N. The number of nitrogen functional groups attached to an aromatic ring is 1. The Kier molecular flexibility index (Phi) is 3.51. The van der Waals surface area contributed by atoms with Crippen molar-refractivity contribution < 1.29 is 4.39 Å². The number of rotatable bonds is 3. The summed E-state index contributed by atoms with van der Waals surface area (Å²) in [5.41, 5.74) is 9.80. The fourth-order valence-electron chi connectivity index (χ4n) is 1.90. The lowest BCUT2D eigenvalue weighted by molar-refractivity contribution is 0.619. The summed E-state index contributed by atoms with van der Waals surface area (Å²) < 4.78 is 13.3. The van der Waals surface area contributed by atoms with Crippen molar-refractivity contribution in [2.24, 2.45) is 0 Å². The van der Waals surface area contributed by atoms with Gasteiger partial charge >= 0.3 is 0 Å². The summed E-state index contributed by atoms with van der Waals surface area (Å²) >= 11 is 0. The molecular formula is C15H17FN2. The van der Waals surface area contributed by atoms with E-state index in [1.54, 1.807) is 13.0 Å². The first kappa shape index (κ1) is 12.4. The van der Waals surface area contributed by atoms with Gasteiger partial charge in [0.05, 0.1) is 11.4 Å². The molecule has 0 aliphatic carbocycles. The van der Waals surface area contributed by atoms with Gasteiger partial charge in [0.25, 0.3) is 0 Å². The summed E-state index contributed by atoms with van der Waals surface area (Å²) in [5.74, 6) is -0.276. The molecule has 18 heavy (non-hydrogen) atoms. The average molecular weight is 244 g/mol. The van der Waals surface area contributed by atoms with Crippen LogP contribution < -0.4 is 11.1 Å². The molecule has 0 aromatic heterocycles. The van der Waals surface area contributed by atoms with E-state index in [-0.39, 0.29) is 5.82 Å². The highest BCUT2D eigenvalue weighted by Crippen LogP contribution is 2.27. The zero-order valence-electron chi connectivity index (χ0n) is 10.6. The second kappa shape index (κ2) is 5.08. The molecule has 0 radical (unpaired) electrons. The summed E-state index contributed by atoms with van der Waals surface area (Å²) in [7, 11) is 0. The van der Waals surface area contributed by atoms with Crippen LogP contribution in [0.5, 0.6) is 0 Å². The minimum absolute atomic E-state index is 0.276. The lowest BCUT2D eigenvalue weighted by Gasteiger charge is -2.13. The van der Waals surface area contributed by atoms with Crippen LogP contribution in [0, 0.1) is 12.7 Å². The molecule has 0 unspecified atom stereocenters. The zero-order valence-corrected chi connectivity index (χ0v) is 10.6. The smallest absolute Gasteiger partial charge is 0.128 e. The Labute approximate surface area is 107 Å². The van der Waals surface area contributed by atoms with Crippen LogP contribution in [0.1, 0.15) is 18.1 Å². The quantitative estimate of drug-likeness (QED) is 0.800. The Morgan fingerprint density at radius 3 is 2.61 bits per heavy atom. The van der Waals surface area contributed by atoms with E-state index in [1.165, 1.54) is 11.6 Å². The van der Waals surface area contributed by atoms with Gasteiger partial charge in [0, 0.05) is 5.69 Å². The van der Waals surface area contributed by atoms with Crippen LogP contribution in [0.15, 0.2) is 36.4 Å². The molecular weight excluding hydrogens is 227 g/mol. The standard InChI is InChI=1S/C15H17FN2/c1-3-11-6-4-5-7-14(11)18-15-8-10(2)12(16)9-13(15)17/h4-9,18H,3,17H2,1-2H3. The normalized spacial score (nSPS) is 10.4. The van der Waals surface area contributed by atoms with E-state index < -0.39 is 0 Å². The topological polar surface area (TPSA) is 38.0 Å². The molecule has 0 aliphatic rings. The minimum Gasteiger partial charge on any atom is -0.397 e. The molecule has 0 amide bonds. The summed E-state index contributed by atoms with van der Waals surface area (Å²) in [4.78, 5) is 0. The Hall–Kier alpha value is -2.03. The molecule has 3 heteroatoms. The maximum absolute atomic E-state index is 13.3. The molecule has 0 spiro atoms. The van der Waals surface area contributed by atoms with Crippen LogP contribution in [0.3, 0.4) is 0 Å². The molecule has 0 saturated heterocycles. The third-order valence-corrected chi connectivity index (χ3v) is 3.00. The highest BCUT2D eigenvalue weighted by molar-refractivity contribution is 5.74. The lowest BCUT2D eigenvalue weighted by Crippen LogP contribution is -2.00. The molecule has 0 aliphatic heterocycles. The van der Waals surface area contributed by atoms with E-state index in [0.717, 1.165) is 17.8 Å². The van der Waals surface area contributed by atoms with Crippen molar-refractivity contribution in [1.82, 2.24) is 0 Å². The highest BCUT2D eigenvalue weighted by atomic mass is 19.1. The lowest BCUT2D eigenvalue weighted by atomic mass is 10.1. The fraction of sp³-hybridized carbons (Fsp3) is 0.200. The van der Waals surface area contributed by atoms with Crippen LogP contribution in [0.25, 0.3) is 0 Å². The number of benzene rings is 2. The third kappa shape index (κ3) is 2.45. The minimum atomic E-state index is -0.276. The van der Waals surface area contributed by atoms with Gasteiger partial charge in [-0.15, -0.1) is 0 Å². The molecule has 0 heterocycles. The summed E-state index contributed by atoms with van der Waals surface area (Å²) in [5, 5.41) is 3.27. The Morgan fingerprint density at radius 2 is 1.89 bits per heavy atom. The van der Waals surface area contributed by atoms with Crippen molar-refractivity contribution in [3.63, 3.8) is 0 Å². The van der Waals surface area contributed by atoms with Crippen molar-refractivity contribution in [3.05, 3.63) is 53.3 Å². The van der Waals surface area contributed by atoms with Crippen molar-refractivity contribution in [1.29, 1.82) is 0 Å². The van der Waals surface area contributed by atoms with Gasteiger partial charge in [-0.05, 0) is 42.7 Å². The van der Waals surface area contributed by atoms with Crippen molar-refractivity contribution in [3.8, 4) is 0 Å². The molecule has 94 valence electrons. The van der Waals surface area contributed by atoms with Gasteiger partial charge in [0.1, 0.15) is 5.82 Å². The van der Waals surface area contributed by atoms with E-state index in [4.69, 9.17) is 5.73 Å². The van der Waals surface area contributed by atoms with E-state index in [1.807, 2.05) is 18.2 Å². The van der Waals surface area contributed by atoms with Crippen molar-refractivity contribution >= 4 is 17.1 Å². The van der Waals surface area contributed by atoms with Gasteiger partial charge in [-0.25, -0.2) is 4.39 Å². The zero-order chi connectivity index (χ0) is 13.1. The highest BCUT2D eigenvalue weighted by Gasteiger charge is 2.06. The van der Waals surface area contributed by atoms with Crippen LogP contribution in [0.4, 0.5) is 21.5 Å². The summed E-state index contributed by atoms with van der Waals surface area (Å²) in [6.45, 7) is 3.82. The van der Waals surface area contributed by atoms with Crippen molar-refractivity contribution in [2.45, 2.75) is 20.3 Å². The average Bonchev–Trinajstić information content (AvgIpc) is 2.36. The van der Waals surface area contributed by atoms with Gasteiger partial charge in [0.2, 0.25) is 0 Å². The van der Waals surface area contributed by atoms with Crippen LogP contribution in [0.2, 0.25) is 0 Å². The summed E-state index contributed by atoms with van der Waals surface area (Å²) in [6.07, 6.45) is 0.934. The predicted molar refractivity (Wildman–Crippen MR) is 74.7 cm³/mol. The molecule has 2 rings (SSSR count). The third-order valence-electron chi connectivity index (χ3n) is 3.00. The van der Waals surface area contributed by atoms with E-state index in [9.17, 15) is 4.39 Å². The largest absolute Gasteiger partial charge is 0.397 e. The van der Waals surface area contributed by atoms with E-state index in [0.29, 0.717) is 11.3 Å². The predicted octanol–water partition coefficient (Wildman–Crippen LogP) is 4.02. The Bertz CT molecular complexity index is 564. The molecule has 3 N–H and O–H groups in total. The first-order valence-corrected chi connectivity index (χ1v) is 6.02. The van der Waals surface area contributed by atoms with Gasteiger partial charge in [-0.3, -0.25) is 0 Å². The fourth-order valence-corrected chi connectivity index (χ4v) is 1.90. The van der Waals surface area contributed by atoms with Crippen LogP contribution in [-0.4, -0.2) is 0 Å². The van der Waals surface area contributed by atoms with Crippen molar-refractivity contribution in [2.75, 3.05) is 11.1 Å². The van der Waals surface area contributed by atoms with Gasteiger partial charge < -0.3 is 11.1 Å². The van der Waals surface area contributed by atoms with Gasteiger partial charge in [0.15, 0.2) is 0 Å². The number of aryl methyl sites for hydroxylation is 2. The Balaban J connectivity index is 2.37. The molecule has 0 bridgehead atoms. The molecule has 2 aromatic rings. The maximum atomic E-state index is 13.3. The first-order chi connectivity index (χ1) is 8.61. The van der Waals surface area contributed by atoms with Gasteiger partial charge in [-0.1, -0.05) is 25.1 Å². The number of para-hydroxylation sites is 1. The second-order valence-electron chi connectivity index (χ2n) is 4.32. The second-order valence-corrected chi connectivity index (χ2v) is 4.32. The number of nitrogens with one attached hydrogen (secondary N) is 1. The van der Waals surface area contributed by atoms with E-state index >= 15 is 0 Å². The number of anilines is 3. The van der Waals surface area contributed by atoms with E-state index in [2.05, 4.69) is 18.3 Å².